The summed E-state index contributed by atoms with van der Waals surface area (Å²) in [5, 5.41) is 13.4. The van der Waals surface area contributed by atoms with Crippen LogP contribution in [0.1, 0.15) is 23.4 Å². The molecule has 0 spiro atoms. The summed E-state index contributed by atoms with van der Waals surface area (Å²) in [6.45, 7) is 2.64. The van der Waals surface area contributed by atoms with E-state index < -0.39 is 30.0 Å². The fourth-order valence-corrected chi connectivity index (χ4v) is 4.19. The number of aliphatic hydroxyl groups is 1. The van der Waals surface area contributed by atoms with Crippen LogP contribution in [0, 0.1) is 18.8 Å². The Labute approximate surface area is 147 Å². The first-order chi connectivity index (χ1) is 11.8. The first-order valence-electron chi connectivity index (χ1n) is 8.29. The summed E-state index contributed by atoms with van der Waals surface area (Å²) in [6.07, 6.45) is -4.04. The number of amides is 1. The molecule has 3 rings (SSSR count). The van der Waals surface area contributed by atoms with Crippen molar-refractivity contribution in [2.45, 2.75) is 38.6 Å². The van der Waals surface area contributed by atoms with Crippen molar-refractivity contribution >= 4 is 17.4 Å². The average molecular weight is 378 g/mol. The summed E-state index contributed by atoms with van der Waals surface area (Å²) < 4.78 is 44.2. The van der Waals surface area contributed by atoms with Crippen molar-refractivity contribution in [1.29, 1.82) is 0 Å². The molecule has 2 saturated heterocycles. The maximum absolute atomic E-state index is 13.5. The molecule has 2 aliphatic rings. The van der Waals surface area contributed by atoms with Crippen LogP contribution in [0.3, 0.4) is 0 Å². The van der Waals surface area contributed by atoms with E-state index in [1.54, 1.807) is 11.8 Å². The van der Waals surface area contributed by atoms with E-state index in [0.717, 1.165) is 4.88 Å². The first kappa shape index (κ1) is 18.5. The molecule has 1 N–H and O–H groups in total. The van der Waals surface area contributed by atoms with Crippen LogP contribution in [0.5, 0.6) is 0 Å². The zero-order valence-electron chi connectivity index (χ0n) is 13.9. The Hall–Kier alpha value is -1.26. The lowest BCUT2D eigenvalue weighted by molar-refractivity contribution is -0.186. The van der Waals surface area contributed by atoms with Crippen LogP contribution < -0.4 is 0 Å². The second-order valence-electron chi connectivity index (χ2n) is 6.79. The number of alkyl halides is 3. The topological polar surface area (TPSA) is 69.6 Å². The zero-order chi connectivity index (χ0) is 18.2. The highest BCUT2D eigenvalue weighted by Gasteiger charge is 2.53. The third-order valence-corrected chi connectivity index (χ3v) is 5.83. The number of likely N-dealkylation sites (tertiary alicyclic amines) is 2. The largest absolute Gasteiger partial charge is 0.393 e. The molecule has 0 unspecified atom stereocenters. The standard InChI is InChI=1S/C15H21F3N4O2S/c1-9-13(25-20-19-9)8-21-6-11(12(7-21)15(16,17)18)14(24)22-4-2-10(23)3-5-22/h10-12,23H,2-8H2,1H3/t11-,12-/m0/s1. The van der Waals surface area contributed by atoms with Crippen molar-refractivity contribution in [3.63, 3.8) is 0 Å². The molecule has 0 aromatic carbocycles. The third-order valence-electron chi connectivity index (χ3n) is 5.02. The van der Waals surface area contributed by atoms with Crippen LogP contribution in [0.25, 0.3) is 0 Å². The Kier molecular flexibility index (Phi) is 5.31. The van der Waals surface area contributed by atoms with Crippen LogP contribution in [0.2, 0.25) is 0 Å². The van der Waals surface area contributed by atoms with Crippen LogP contribution in [-0.4, -0.2) is 68.9 Å². The van der Waals surface area contributed by atoms with Gasteiger partial charge < -0.3 is 10.0 Å². The minimum atomic E-state index is -4.41. The summed E-state index contributed by atoms with van der Waals surface area (Å²) in [7, 11) is 0. The highest BCUT2D eigenvalue weighted by molar-refractivity contribution is 7.05. The summed E-state index contributed by atoms with van der Waals surface area (Å²) >= 11 is 1.18. The van der Waals surface area contributed by atoms with Crippen molar-refractivity contribution in [1.82, 2.24) is 19.4 Å². The number of hydrogen-bond acceptors (Lipinski definition) is 6. The number of hydrogen-bond donors (Lipinski definition) is 1. The van der Waals surface area contributed by atoms with Gasteiger partial charge >= 0.3 is 6.18 Å². The molecule has 0 bridgehead atoms. The minimum Gasteiger partial charge on any atom is -0.393 e. The second kappa shape index (κ2) is 7.16. The highest BCUT2D eigenvalue weighted by Crippen LogP contribution is 2.39. The van der Waals surface area contributed by atoms with Crippen LogP contribution in [-0.2, 0) is 11.3 Å². The van der Waals surface area contributed by atoms with Crippen LogP contribution >= 0.6 is 11.5 Å². The van der Waals surface area contributed by atoms with Gasteiger partial charge in [-0.1, -0.05) is 4.49 Å². The Balaban J connectivity index is 1.71. The number of rotatable bonds is 3. The van der Waals surface area contributed by atoms with E-state index in [9.17, 15) is 23.1 Å². The number of aryl methyl sites for hydroxylation is 1. The molecule has 0 aliphatic carbocycles. The molecule has 140 valence electrons. The molecule has 3 heterocycles. The summed E-state index contributed by atoms with van der Waals surface area (Å²) in [5.74, 6) is -3.19. The lowest BCUT2D eigenvalue weighted by atomic mass is 9.93. The molecule has 6 nitrogen and oxygen atoms in total. The Morgan fingerprint density at radius 3 is 2.56 bits per heavy atom. The van der Waals surface area contributed by atoms with Crippen molar-refractivity contribution in [2.24, 2.45) is 11.8 Å². The van der Waals surface area contributed by atoms with Crippen LogP contribution in [0.15, 0.2) is 0 Å². The molecule has 2 aliphatic heterocycles. The van der Waals surface area contributed by atoms with Gasteiger partial charge in [0.1, 0.15) is 0 Å². The molecule has 0 radical (unpaired) electrons. The molecule has 2 atom stereocenters. The third kappa shape index (κ3) is 4.12. The predicted octanol–water partition coefficient (Wildman–Crippen LogP) is 1.44. The summed E-state index contributed by atoms with van der Waals surface area (Å²) in [4.78, 5) is 16.6. The first-order valence-corrected chi connectivity index (χ1v) is 9.06. The number of nitrogens with zero attached hydrogens (tertiary/aromatic N) is 4. The van der Waals surface area contributed by atoms with Gasteiger partial charge in [-0.25, -0.2) is 0 Å². The Bertz CT molecular complexity index is 616. The average Bonchev–Trinajstić information content (AvgIpc) is 3.14. The van der Waals surface area contributed by atoms with Gasteiger partial charge in [-0.3, -0.25) is 9.69 Å². The number of carbonyl (C=O) groups excluding carboxylic acids is 1. The quantitative estimate of drug-likeness (QED) is 0.862. The monoisotopic (exact) mass is 378 g/mol. The van der Waals surface area contributed by atoms with E-state index in [2.05, 4.69) is 9.59 Å². The van der Waals surface area contributed by atoms with Gasteiger partial charge in [0, 0.05) is 32.7 Å². The van der Waals surface area contributed by atoms with Gasteiger partial charge in [0.25, 0.3) is 0 Å². The molecule has 0 saturated carbocycles. The molecule has 25 heavy (non-hydrogen) atoms. The van der Waals surface area contributed by atoms with Crippen LogP contribution in [0.4, 0.5) is 13.2 Å². The van der Waals surface area contributed by atoms with E-state index in [-0.39, 0.29) is 13.1 Å². The number of aliphatic hydroxyl groups excluding tert-OH is 1. The van der Waals surface area contributed by atoms with Crippen molar-refractivity contribution in [3.05, 3.63) is 10.6 Å². The molecule has 10 heteroatoms. The fourth-order valence-electron chi connectivity index (χ4n) is 3.52. The highest BCUT2D eigenvalue weighted by atomic mass is 32.1. The minimum absolute atomic E-state index is 0.0827. The molecule has 1 aromatic heterocycles. The maximum atomic E-state index is 13.5. The SMILES string of the molecule is Cc1nnsc1CN1C[C@H](C(=O)N2CCC(O)CC2)[C@@H](C(F)(F)F)C1. The van der Waals surface area contributed by atoms with E-state index in [1.807, 2.05) is 0 Å². The second-order valence-corrected chi connectivity index (χ2v) is 7.63. The molecule has 1 amide bonds. The number of piperidine rings is 1. The van der Waals surface area contributed by atoms with Gasteiger partial charge in [0.2, 0.25) is 5.91 Å². The lowest BCUT2D eigenvalue weighted by Crippen LogP contribution is -2.46. The van der Waals surface area contributed by atoms with Gasteiger partial charge in [-0.15, -0.1) is 5.10 Å². The molecular weight excluding hydrogens is 357 g/mol. The van der Waals surface area contributed by atoms with Gasteiger partial charge in [0.05, 0.1) is 28.5 Å². The van der Waals surface area contributed by atoms with Crippen molar-refractivity contribution in [2.75, 3.05) is 26.2 Å². The van der Waals surface area contributed by atoms with Gasteiger partial charge in [-0.2, -0.15) is 13.2 Å². The van der Waals surface area contributed by atoms with Crippen molar-refractivity contribution in [3.8, 4) is 0 Å². The van der Waals surface area contributed by atoms with Crippen molar-refractivity contribution < 1.29 is 23.1 Å². The number of aromatic nitrogens is 2. The van der Waals surface area contributed by atoms with E-state index in [4.69, 9.17) is 0 Å². The van der Waals surface area contributed by atoms with E-state index in [1.165, 1.54) is 16.4 Å². The molecular formula is C15H21F3N4O2S. The number of carbonyl (C=O) groups is 1. The summed E-state index contributed by atoms with van der Waals surface area (Å²) in [5.41, 5.74) is 0.716. The predicted molar refractivity (Wildman–Crippen MR) is 84.8 cm³/mol. The Morgan fingerprint density at radius 2 is 2.00 bits per heavy atom. The lowest BCUT2D eigenvalue weighted by Gasteiger charge is -2.33. The van der Waals surface area contributed by atoms with Gasteiger partial charge in [-0.05, 0) is 31.3 Å². The molecule has 1 aromatic rings. The van der Waals surface area contributed by atoms with E-state index in [0.29, 0.717) is 38.2 Å². The molecule has 2 fully saturated rings. The number of halogens is 3. The fraction of sp³-hybridized carbons (Fsp3) is 0.800. The Morgan fingerprint density at radius 1 is 1.32 bits per heavy atom. The smallest absolute Gasteiger partial charge is 0.393 e. The normalized spacial score (nSPS) is 26.4. The van der Waals surface area contributed by atoms with Gasteiger partial charge in [0.15, 0.2) is 0 Å². The van der Waals surface area contributed by atoms with E-state index >= 15 is 0 Å². The maximum Gasteiger partial charge on any atom is 0.393 e. The zero-order valence-corrected chi connectivity index (χ0v) is 14.7. The summed E-state index contributed by atoms with van der Waals surface area (Å²) in [6, 6.07) is 0.